The molecule has 5 heteroatoms. The molecule has 2 aromatic rings. The summed E-state index contributed by atoms with van der Waals surface area (Å²) in [7, 11) is 1.82. The van der Waals surface area contributed by atoms with E-state index in [9.17, 15) is 4.79 Å². The first-order valence-electron chi connectivity index (χ1n) is 8.69. The van der Waals surface area contributed by atoms with Gasteiger partial charge in [0.15, 0.2) is 0 Å². The summed E-state index contributed by atoms with van der Waals surface area (Å²) in [6, 6.07) is 7.51. The molecule has 5 nitrogen and oxygen atoms in total. The van der Waals surface area contributed by atoms with E-state index in [0.29, 0.717) is 19.8 Å². The fraction of sp³-hybridized carbons (Fsp3) is 0.526. The largest absolute Gasteiger partial charge is 0.461 e. The van der Waals surface area contributed by atoms with Gasteiger partial charge in [-0.25, -0.2) is 0 Å². The standard InChI is InChI=1S/C19H26N2O3/c1-3-16-15(14-6-4-5-7-17(14)24-16)12-21(2)19(22)18(20)13-8-10-23-11-9-13/h4-7,13,18H,3,8-12,20H2,1-2H3. The van der Waals surface area contributed by atoms with Gasteiger partial charge in [0.25, 0.3) is 0 Å². The average Bonchev–Trinajstić information content (AvgIpc) is 2.99. The predicted molar refractivity (Wildman–Crippen MR) is 93.6 cm³/mol. The van der Waals surface area contributed by atoms with Gasteiger partial charge < -0.3 is 19.8 Å². The van der Waals surface area contributed by atoms with Gasteiger partial charge >= 0.3 is 0 Å². The summed E-state index contributed by atoms with van der Waals surface area (Å²) >= 11 is 0. The Hall–Kier alpha value is -1.85. The average molecular weight is 330 g/mol. The van der Waals surface area contributed by atoms with Crippen LogP contribution in [0, 0.1) is 5.92 Å². The quantitative estimate of drug-likeness (QED) is 0.915. The Kier molecular flexibility index (Phi) is 5.21. The number of nitrogens with two attached hydrogens (primary N) is 1. The molecule has 0 bridgehead atoms. The molecule has 1 aromatic carbocycles. The highest BCUT2D eigenvalue weighted by atomic mass is 16.5. The molecule has 130 valence electrons. The first kappa shape index (κ1) is 17.0. The van der Waals surface area contributed by atoms with Gasteiger partial charge in [-0.2, -0.15) is 0 Å². The highest BCUT2D eigenvalue weighted by Crippen LogP contribution is 2.28. The van der Waals surface area contributed by atoms with Gasteiger partial charge in [-0.15, -0.1) is 0 Å². The summed E-state index contributed by atoms with van der Waals surface area (Å²) < 4.78 is 11.3. The van der Waals surface area contributed by atoms with Crippen molar-refractivity contribution in [3.05, 3.63) is 35.6 Å². The second-order valence-electron chi connectivity index (χ2n) is 6.52. The van der Waals surface area contributed by atoms with E-state index in [2.05, 4.69) is 6.92 Å². The highest BCUT2D eigenvalue weighted by molar-refractivity contribution is 5.85. The first-order chi connectivity index (χ1) is 11.6. The second kappa shape index (κ2) is 7.36. The minimum atomic E-state index is -0.456. The Balaban J connectivity index is 1.76. The van der Waals surface area contributed by atoms with Crippen molar-refractivity contribution in [3.8, 4) is 0 Å². The van der Waals surface area contributed by atoms with Crippen LogP contribution in [0.5, 0.6) is 0 Å². The summed E-state index contributed by atoms with van der Waals surface area (Å²) in [5.74, 6) is 1.14. The topological polar surface area (TPSA) is 68.7 Å². The molecule has 2 heterocycles. The lowest BCUT2D eigenvalue weighted by Crippen LogP contribution is -2.47. The summed E-state index contributed by atoms with van der Waals surface area (Å²) in [6.07, 6.45) is 2.52. The van der Waals surface area contributed by atoms with Crippen molar-refractivity contribution in [2.24, 2.45) is 11.7 Å². The van der Waals surface area contributed by atoms with Gasteiger partial charge in [0.05, 0.1) is 6.04 Å². The fourth-order valence-electron chi connectivity index (χ4n) is 3.45. The van der Waals surface area contributed by atoms with Crippen molar-refractivity contribution < 1.29 is 13.9 Å². The SMILES string of the molecule is CCc1oc2ccccc2c1CN(C)C(=O)C(N)C1CCOCC1. The molecule has 0 saturated carbocycles. The smallest absolute Gasteiger partial charge is 0.239 e. The molecule has 0 aliphatic carbocycles. The number of aryl methyl sites for hydroxylation is 1. The van der Waals surface area contributed by atoms with E-state index in [0.717, 1.165) is 41.6 Å². The Morgan fingerprint density at radius 2 is 2.04 bits per heavy atom. The van der Waals surface area contributed by atoms with Gasteiger partial charge in [0.2, 0.25) is 5.91 Å². The number of likely N-dealkylation sites (N-methyl/N-ethyl adjacent to an activating group) is 1. The van der Waals surface area contributed by atoms with Crippen LogP contribution in [-0.2, 0) is 22.5 Å². The number of fused-ring (bicyclic) bond motifs is 1. The third-order valence-corrected chi connectivity index (χ3v) is 4.93. The molecule has 24 heavy (non-hydrogen) atoms. The molecule has 0 radical (unpaired) electrons. The molecule has 1 atom stereocenters. The molecule has 3 rings (SSSR count). The van der Waals surface area contributed by atoms with Crippen LogP contribution in [0.15, 0.2) is 28.7 Å². The van der Waals surface area contributed by atoms with Crippen LogP contribution in [0.4, 0.5) is 0 Å². The van der Waals surface area contributed by atoms with Gasteiger partial charge in [0, 0.05) is 44.2 Å². The zero-order valence-corrected chi connectivity index (χ0v) is 14.5. The lowest BCUT2D eigenvalue weighted by Gasteiger charge is -2.29. The van der Waals surface area contributed by atoms with Crippen molar-refractivity contribution >= 4 is 16.9 Å². The van der Waals surface area contributed by atoms with Crippen molar-refractivity contribution in [1.82, 2.24) is 4.90 Å². The third-order valence-electron chi connectivity index (χ3n) is 4.93. The number of carbonyl (C=O) groups excluding carboxylic acids is 1. The number of amides is 1. The van der Waals surface area contributed by atoms with Crippen molar-refractivity contribution in [2.45, 2.75) is 38.8 Å². The van der Waals surface area contributed by atoms with Crippen LogP contribution < -0.4 is 5.73 Å². The van der Waals surface area contributed by atoms with Crippen LogP contribution in [0.2, 0.25) is 0 Å². The first-order valence-corrected chi connectivity index (χ1v) is 8.69. The van der Waals surface area contributed by atoms with Gasteiger partial charge in [-0.05, 0) is 24.8 Å². The number of nitrogens with zero attached hydrogens (tertiary/aromatic N) is 1. The zero-order valence-electron chi connectivity index (χ0n) is 14.5. The molecule has 1 aliphatic heterocycles. The molecule has 0 spiro atoms. The maximum absolute atomic E-state index is 12.7. The van der Waals surface area contributed by atoms with Crippen LogP contribution in [0.25, 0.3) is 11.0 Å². The number of carbonyl (C=O) groups is 1. The summed E-state index contributed by atoms with van der Waals surface area (Å²) in [6.45, 7) is 3.98. The van der Waals surface area contributed by atoms with Gasteiger partial charge in [-0.3, -0.25) is 4.79 Å². The van der Waals surface area contributed by atoms with Crippen molar-refractivity contribution in [3.63, 3.8) is 0 Å². The molecular formula is C19H26N2O3. The van der Waals surface area contributed by atoms with E-state index in [1.54, 1.807) is 4.90 Å². The number of hydrogen-bond donors (Lipinski definition) is 1. The maximum Gasteiger partial charge on any atom is 0.239 e. The summed E-state index contributed by atoms with van der Waals surface area (Å²) in [5.41, 5.74) is 8.20. The van der Waals surface area contributed by atoms with Crippen LogP contribution in [0.1, 0.15) is 31.1 Å². The second-order valence-corrected chi connectivity index (χ2v) is 6.52. The molecular weight excluding hydrogens is 304 g/mol. The van der Waals surface area contributed by atoms with E-state index >= 15 is 0 Å². The normalized spacial score (nSPS) is 17.1. The number of rotatable bonds is 5. The molecule has 2 N–H and O–H groups in total. The third kappa shape index (κ3) is 3.32. The van der Waals surface area contributed by atoms with E-state index in [-0.39, 0.29) is 11.8 Å². The van der Waals surface area contributed by atoms with E-state index in [1.165, 1.54) is 0 Å². The van der Waals surface area contributed by atoms with Crippen LogP contribution >= 0.6 is 0 Å². The fourth-order valence-corrected chi connectivity index (χ4v) is 3.45. The van der Waals surface area contributed by atoms with Gasteiger partial charge in [0.1, 0.15) is 11.3 Å². The van der Waals surface area contributed by atoms with Crippen molar-refractivity contribution in [2.75, 3.05) is 20.3 Å². The summed E-state index contributed by atoms with van der Waals surface area (Å²) in [5, 5.41) is 1.08. The van der Waals surface area contributed by atoms with Crippen molar-refractivity contribution in [1.29, 1.82) is 0 Å². The monoisotopic (exact) mass is 330 g/mol. The predicted octanol–water partition coefficient (Wildman–Crippen LogP) is 2.71. The number of ether oxygens (including phenoxy) is 1. The molecule has 1 aromatic heterocycles. The van der Waals surface area contributed by atoms with E-state index in [4.69, 9.17) is 14.9 Å². The Morgan fingerprint density at radius 3 is 2.75 bits per heavy atom. The van der Waals surface area contributed by atoms with E-state index < -0.39 is 6.04 Å². The molecule has 1 fully saturated rings. The van der Waals surface area contributed by atoms with Crippen LogP contribution in [-0.4, -0.2) is 37.1 Å². The molecule has 1 saturated heterocycles. The molecule has 1 amide bonds. The number of para-hydroxylation sites is 1. The lowest BCUT2D eigenvalue weighted by molar-refractivity contribution is -0.133. The molecule has 1 aliphatic rings. The maximum atomic E-state index is 12.7. The van der Waals surface area contributed by atoms with E-state index in [1.807, 2.05) is 31.3 Å². The zero-order chi connectivity index (χ0) is 17.1. The summed E-state index contributed by atoms with van der Waals surface area (Å²) in [4.78, 5) is 14.5. The number of hydrogen-bond acceptors (Lipinski definition) is 4. The number of furan rings is 1. The van der Waals surface area contributed by atoms with Crippen LogP contribution in [0.3, 0.4) is 0 Å². The lowest BCUT2D eigenvalue weighted by atomic mass is 9.91. The Morgan fingerprint density at radius 1 is 1.33 bits per heavy atom. The Labute approximate surface area is 142 Å². The Bertz CT molecular complexity index is 704. The number of benzene rings is 1. The minimum Gasteiger partial charge on any atom is -0.461 e. The minimum absolute atomic E-state index is 0.00534. The molecule has 1 unspecified atom stereocenters. The van der Waals surface area contributed by atoms with Gasteiger partial charge in [-0.1, -0.05) is 25.1 Å². The highest BCUT2D eigenvalue weighted by Gasteiger charge is 2.29.